The molecule has 0 aliphatic carbocycles. The van der Waals surface area contributed by atoms with Crippen molar-refractivity contribution in [2.45, 2.75) is 27.2 Å². The van der Waals surface area contributed by atoms with Crippen LogP contribution in [0, 0.1) is 0 Å². The Morgan fingerprint density at radius 1 is 1.25 bits per heavy atom. The van der Waals surface area contributed by atoms with E-state index in [9.17, 15) is 0 Å². The van der Waals surface area contributed by atoms with Crippen LogP contribution in [0.25, 0.3) is 5.57 Å². The van der Waals surface area contributed by atoms with Crippen molar-refractivity contribution in [1.29, 1.82) is 0 Å². The van der Waals surface area contributed by atoms with E-state index >= 15 is 0 Å². The summed E-state index contributed by atoms with van der Waals surface area (Å²) in [7, 11) is 3.26. The molecule has 0 aliphatic heterocycles. The van der Waals surface area contributed by atoms with Gasteiger partial charge in [-0.3, -0.25) is 4.98 Å². The summed E-state index contributed by atoms with van der Waals surface area (Å²) in [5, 5.41) is 0. The lowest BCUT2D eigenvalue weighted by molar-refractivity contribution is 0.231. The van der Waals surface area contributed by atoms with Crippen LogP contribution >= 0.6 is 0 Å². The third kappa shape index (κ3) is 6.62. The highest BCUT2D eigenvalue weighted by Gasteiger charge is 2.13. The van der Waals surface area contributed by atoms with Gasteiger partial charge in [0.1, 0.15) is 5.76 Å². The average molecular weight is 381 g/mol. The van der Waals surface area contributed by atoms with E-state index in [0.29, 0.717) is 11.5 Å². The number of nitrogens with zero attached hydrogens (tertiary/aromatic N) is 2. The maximum Gasteiger partial charge on any atom is 0.158 e. The molecule has 0 N–H and O–H groups in total. The summed E-state index contributed by atoms with van der Waals surface area (Å²) >= 11 is 0. The number of likely N-dealkylation sites (N-methyl/N-ethyl adjacent to an activating group) is 1. The van der Waals surface area contributed by atoms with Gasteiger partial charge in [-0.15, -0.1) is 0 Å². The molecule has 0 atom stereocenters. The van der Waals surface area contributed by atoms with E-state index < -0.39 is 0 Å². The molecular weight excluding hydrogens is 348 g/mol. The van der Waals surface area contributed by atoms with Crippen molar-refractivity contribution < 1.29 is 9.47 Å². The number of methoxy groups -OCH3 is 2. The zero-order valence-electron chi connectivity index (χ0n) is 17.7. The Labute approximate surface area is 169 Å². The molecule has 1 heterocycles. The monoisotopic (exact) mass is 380 g/mol. The number of rotatable bonds is 11. The molecule has 1 aromatic rings. The number of allylic oxidation sites excluding steroid dienone is 7. The van der Waals surface area contributed by atoms with Gasteiger partial charge in [-0.05, 0) is 50.1 Å². The normalized spacial score (nSPS) is 13.2. The van der Waals surface area contributed by atoms with E-state index in [1.165, 1.54) is 0 Å². The molecule has 0 saturated carbocycles. The number of hydrogen-bond donors (Lipinski definition) is 0. The molecule has 0 bridgehead atoms. The average Bonchev–Trinajstić information content (AvgIpc) is 2.74. The summed E-state index contributed by atoms with van der Waals surface area (Å²) < 4.78 is 10.8. The van der Waals surface area contributed by atoms with Crippen LogP contribution in [0.15, 0.2) is 91.0 Å². The zero-order chi connectivity index (χ0) is 20.9. The fourth-order valence-electron chi connectivity index (χ4n) is 2.66. The largest absolute Gasteiger partial charge is 0.498 e. The summed E-state index contributed by atoms with van der Waals surface area (Å²) in [6.07, 6.45) is 14.4. The predicted molar refractivity (Wildman–Crippen MR) is 118 cm³/mol. The Kier molecular flexibility index (Phi) is 10.2. The van der Waals surface area contributed by atoms with Crippen LogP contribution in [0.2, 0.25) is 0 Å². The van der Waals surface area contributed by atoms with Crippen molar-refractivity contribution in [1.82, 2.24) is 9.88 Å². The van der Waals surface area contributed by atoms with Crippen molar-refractivity contribution in [2.24, 2.45) is 0 Å². The molecule has 150 valence electrons. The number of hydrogen-bond acceptors (Lipinski definition) is 4. The molecule has 4 heteroatoms. The van der Waals surface area contributed by atoms with Crippen LogP contribution in [0.1, 0.15) is 32.8 Å². The first-order valence-corrected chi connectivity index (χ1v) is 9.33. The standard InChI is InChI=1S/C24H32N2O2/c1-8-11-14-23(16-19(4)21-13-12-15-25-18-21)26(10-3)22(9-2)17-24(28-7)20(5)27-6/h8-9,11-13,15-18H,2,4,10,14H2,1,3,5-7H3/b11-8-,22-17+,23-16+,24-20-. The van der Waals surface area contributed by atoms with E-state index in [1.807, 2.05) is 50.4 Å². The highest BCUT2D eigenvalue weighted by Crippen LogP contribution is 2.24. The van der Waals surface area contributed by atoms with E-state index in [4.69, 9.17) is 9.47 Å². The van der Waals surface area contributed by atoms with Crippen LogP contribution in [0.4, 0.5) is 0 Å². The highest BCUT2D eigenvalue weighted by atomic mass is 16.5. The smallest absolute Gasteiger partial charge is 0.158 e. The van der Waals surface area contributed by atoms with Gasteiger partial charge in [-0.25, -0.2) is 0 Å². The molecule has 0 fully saturated rings. The molecule has 0 unspecified atom stereocenters. The van der Waals surface area contributed by atoms with E-state index in [0.717, 1.165) is 35.5 Å². The molecule has 0 radical (unpaired) electrons. The van der Waals surface area contributed by atoms with Crippen LogP contribution in [0.5, 0.6) is 0 Å². The second-order valence-corrected chi connectivity index (χ2v) is 6.02. The first kappa shape index (κ1) is 23.0. The minimum absolute atomic E-state index is 0.660. The lowest BCUT2D eigenvalue weighted by Gasteiger charge is -2.27. The molecule has 4 nitrogen and oxygen atoms in total. The Balaban J connectivity index is 3.40. The highest BCUT2D eigenvalue weighted by molar-refractivity contribution is 5.72. The first-order valence-electron chi connectivity index (χ1n) is 9.33. The van der Waals surface area contributed by atoms with Crippen molar-refractivity contribution in [3.8, 4) is 0 Å². The minimum atomic E-state index is 0.660. The fraction of sp³-hybridized carbons (Fsp3) is 0.292. The fourth-order valence-corrected chi connectivity index (χ4v) is 2.66. The van der Waals surface area contributed by atoms with Crippen molar-refractivity contribution in [2.75, 3.05) is 20.8 Å². The number of ether oxygens (including phenoxy) is 2. The van der Waals surface area contributed by atoms with Gasteiger partial charge >= 0.3 is 0 Å². The number of pyridine rings is 1. The molecular formula is C24H32N2O2. The molecule has 0 aliphatic rings. The van der Waals surface area contributed by atoms with Gasteiger partial charge in [0.25, 0.3) is 0 Å². The third-order valence-electron chi connectivity index (χ3n) is 4.27. The second kappa shape index (κ2) is 12.4. The van der Waals surface area contributed by atoms with Crippen LogP contribution in [-0.4, -0.2) is 30.6 Å². The molecule has 0 saturated heterocycles. The number of aromatic nitrogens is 1. The lowest BCUT2D eigenvalue weighted by Crippen LogP contribution is -2.21. The Morgan fingerprint density at radius 2 is 2.00 bits per heavy atom. The summed E-state index contributed by atoms with van der Waals surface area (Å²) in [5.74, 6) is 1.36. The SMILES string of the molecule is C=C/C(=C\C(OC)=C(/C)OC)N(CC)/C(=C/C(=C)c1cccnc1)C/C=C\C. The molecule has 1 aromatic heterocycles. The topological polar surface area (TPSA) is 34.6 Å². The van der Waals surface area contributed by atoms with Gasteiger partial charge in [0.05, 0.1) is 14.2 Å². The quantitative estimate of drug-likeness (QED) is 0.273. The summed E-state index contributed by atoms with van der Waals surface area (Å²) in [4.78, 5) is 6.38. The zero-order valence-corrected chi connectivity index (χ0v) is 17.7. The van der Waals surface area contributed by atoms with Crippen molar-refractivity contribution >= 4 is 5.57 Å². The molecule has 0 amide bonds. The Bertz CT molecular complexity index is 771. The van der Waals surface area contributed by atoms with Crippen LogP contribution in [0.3, 0.4) is 0 Å². The first-order chi connectivity index (χ1) is 13.5. The summed E-state index contributed by atoms with van der Waals surface area (Å²) in [5.41, 5.74) is 3.93. The van der Waals surface area contributed by atoms with Gasteiger partial charge in [-0.2, -0.15) is 0 Å². The third-order valence-corrected chi connectivity index (χ3v) is 4.27. The lowest BCUT2D eigenvalue weighted by atomic mass is 10.1. The molecule has 0 aromatic carbocycles. The van der Waals surface area contributed by atoms with E-state index in [-0.39, 0.29) is 0 Å². The molecule has 0 spiro atoms. The maximum absolute atomic E-state index is 5.49. The van der Waals surface area contributed by atoms with Crippen molar-refractivity contribution in [3.63, 3.8) is 0 Å². The van der Waals surface area contributed by atoms with Crippen molar-refractivity contribution in [3.05, 3.63) is 96.5 Å². The van der Waals surface area contributed by atoms with Gasteiger partial charge in [-0.1, -0.05) is 31.4 Å². The summed E-state index contributed by atoms with van der Waals surface area (Å²) in [6.45, 7) is 15.0. The Morgan fingerprint density at radius 3 is 2.50 bits per heavy atom. The van der Waals surface area contributed by atoms with E-state index in [1.54, 1.807) is 20.4 Å². The maximum atomic E-state index is 5.49. The Hall–Kier alpha value is -3.01. The minimum Gasteiger partial charge on any atom is -0.498 e. The van der Waals surface area contributed by atoms with Gasteiger partial charge in [0.2, 0.25) is 0 Å². The van der Waals surface area contributed by atoms with Gasteiger partial charge in [0.15, 0.2) is 5.76 Å². The summed E-state index contributed by atoms with van der Waals surface area (Å²) in [6, 6.07) is 3.92. The van der Waals surface area contributed by atoms with Gasteiger partial charge in [0, 0.05) is 42.8 Å². The van der Waals surface area contributed by atoms with Crippen LogP contribution in [-0.2, 0) is 9.47 Å². The van der Waals surface area contributed by atoms with Gasteiger partial charge < -0.3 is 14.4 Å². The second-order valence-electron chi connectivity index (χ2n) is 6.02. The predicted octanol–water partition coefficient (Wildman–Crippen LogP) is 5.86. The molecule has 28 heavy (non-hydrogen) atoms. The van der Waals surface area contributed by atoms with Crippen LogP contribution < -0.4 is 0 Å². The molecule has 1 rings (SSSR count). The van der Waals surface area contributed by atoms with E-state index in [2.05, 4.69) is 42.1 Å².